The highest BCUT2D eigenvalue weighted by atomic mass is 16.5. The van der Waals surface area contributed by atoms with E-state index in [4.69, 9.17) is 5.26 Å². The first kappa shape index (κ1) is 12.0. The van der Waals surface area contributed by atoms with E-state index in [1.54, 1.807) is 30.3 Å². The summed E-state index contributed by atoms with van der Waals surface area (Å²) in [6.45, 7) is 0.471. The third kappa shape index (κ3) is 2.95. The summed E-state index contributed by atoms with van der Waals surface area (Å²) in [6.07, 6.45) is 1.89. The van der Waals surface area contributed by atoms with Crippen molar-refractivity contribution in [3.05, 3.63) is 23.9 Å². The molecule has 0 saturated carbocycles. The Bertz CT molecular complexity index is 412. The van der Waals surface area contributed by atoms with Crippen molar-refractivity contribution in [2.24, 2.45) is 0 Å². The van der Waals surface area contributed by atoms with Gasteiger partial charge in [0.05, 0.1) is 19.1 Å². The van der Waals surface area contributed by atoms with Gasteiger partial charge < -0.3 is 9.64 Å². The Kier molecular flexibility index (Phi) is 4.28. The monoisotopic (exact) mass is 219 g/mol. The molecule has 0 atom stereocenters. The van der Waals surface area contributed by atoms with Crippen LogP contribution in [0.2, 0.25) is 0 Å². The molecular weight excluding hydrogens is 206 g/mol. The van der Waals surface area contributed by atoms with Crippen molar-refractivity contribution in [3.63, 3.8) is 0 Å². The van der Waals surface area contributed by atoms with E-state index in [0.29, 0.717) is 17.9 Å². The fraction of sp³-hybridized carbons (Fsp3) is 0.364. The van der Waals surface area contributed by atoms with Crippen LogP contribution in [0.3, 0.4) is 0 Å². The zero-order valence-electron chi connectivity index (χ0n) is 9.30. The number of hydrogen-bond acceptors (Lipinski definition) is 5. The fourth-order valence-corrected chi connectivity index (χ4v) is 1.26. The standard InChI is InChI=1S/C11H13N3O2/c1-14(7-5-10(15)16-2)11-9(8-12)4-3-6-13-11/h3-4,6H,5,7H2,1-2H3. The van der Waals surface area contributed by atoms with Gasteiger partial charge in [0.15, 0.2) is 0 Å². The Labute approximate surface area is 94.3 Å². The molecule has 0 amide bonds. The number of pyridine rings is 1. The first-order valence-corrected chi connectivity index (χ1v) is 4.82. The number of hydrogen-bond donors (Lipinski definition) is 0. The number of carbonyl (C=O) groups is 1. The van der Waals surface area contributed by atoms with Gasteiger partial charge in [0.2, 0.25) is 0 Å². The average Bonchev–Trinajstić information content (AvgIpc) is 2.35. The minimum absolute atomic E-state index is 0.272. The van der Waals surface area contributed by atoms with E-state index >= 15 is 0 Å². The van der Waals surface area contributed by atoms with Gasteiger partial charge in [-0.25, -0.2) is 4.98 Å². The number of esters is 1. The fourth-order valence-electron chi connectivity index (χ4n) is 1.26. The summed E-state index contributed by atoms with van der Waals surface area (Å²) in [7, 11) is 3.13. The lowest BCUT2D eigenvalue weighted by Gasteiger charge is -2.18. The zero-order chi connectivity index (χ0) is 12.0. The molecule has 1 aromatic rings. The highest BCUT2D eigenvalue weighted by molar-refractivity contribution is 5.70. The number of anilines is 1. The molecule has 0 unspecified atom stereocenters. The Morgan fingerprint density at radius 3 is 3.06 bits per heavy atom. The van der Waals surface area contributed by atoms with Crippen LogP contribution in [-0.4, -0.2) is 31.7 Å². The van der Waals surface area contributed by atoms with Crippen LogP contribution in [0.5, 0.6) is 0 Å². The summed E-state index contributed by atoms with van der Waals surface area (Å²) in [5.41, 5.74) is 0.495. The number of nitriles is 1. The molecule has 0 bridgehead atoms. The Balaban J connectivity index is 2.70. The lowest BCUT2D eigenvalue weighted by molar-refractivity contribution is -0.140. The summed E-state index contributed by atoms with van der Waals surface area (Å²) in [5.74, 6) is 0.301. The van der Waals surface area contributed by atoms with Gasteiger partial charge >= 0.3 is 5.97 Å². The van der Waals surface area contributed by atoms with Gasteiger partial charge in [-0.05, 0) is 12.1 Å². The molecule has 1 aromatic heterocycles. The average molecular weight is 219 g/mol. The van der Waals surface area contributed by atoms with Crippen LogP contribution < -0.4 is 4.90 Å². The van der Waals surface area contributed by atoms with Crippen LogP contribution in [0.15, 0.2) is 18.3 Å². The predicted octanol–water partition coefficient (Wildman–Crippen LogP) is 0.953. The van der Waals surface area contributed by atoms with Crippen LogP contribution in [0, 0.1) is 11.3 Å². The molecule has 0 aliphatic rings. The van der Waals surface area contributed by atoms with Crippen LogP contribution in [0.25, 0.3) is 0 Å². The second-order valence-corrected chi connectivity index (χ2v) is 3.23. The van der Waals surface area contributed by atoms with E-state index in [2.05, 4.69) is 15.8 Å². The Hall–Kier alpha value is -2.09. The molecule has 84 valence electrons. The van der Waals surface area contributed by atoms with Crippen molar-refractivity contribution < 1.29 is 9.53 Å². The molecule has 0 aliphatic heterocycles. The number of nitrogens with zero attached hydrogens (tertiary/aromatic N) is 3. The van der Waals surface area contributed by atoms with Crippen molar-refractivity contribution in [2.45, 2.75) is 6.42 Å². The largest absolute Gasteiger partial charge is 0.469 e. The van der Waals surface area contributed by atoms with E-state index in [1.807, 2.05) is 0 Å². The second-order valence-electron chi connectivity index (χ2n) is 3.23. The molecule has 0 N–H and O–H groups in total. The third-order valence-corrected chi connectivity index (χ3v) is 2.15. The highest BCUT2D eigenvalue weighted by Gasteiger charge is 2.09. The second kappa shape index (κ2) is 5.71. The normalized spacial score (nSPS) is 9.31. The van der Waals surface area contributed by atoms with Crippen molar-refractivity contribution >= 4 is 11.8 Å². The van der Waals surface area contributed by atoms with Crippen molar-refractivity contribution in [1.82, 2.24) is 4.98 Å². The first-order chi connectivity index (χ1) is 7.69. The molecule has 0 aromatic carbocycles. The van der Waals surface area contributed by atoms with Crippen molar-refractivity contribution in [3.8, 4) is 6.07 Å². The lowest BCUT2D eigenvalue weighted by atomic mass is 10.2. The first-order valence-electron chi connectivity index (χ1n) is 4.82. The van der Waals surface area contributed by atoms with E-state index < -0.39 is 0 Å². The van der Waals surface area contributed by atoms with Crippen LogP contribution in [0.4, 0.5) is 5.82 Å². The number of aromatic nitrogens is 1. The number of carbonyl (C=O) groups excluding carboxylic acids is 1. The van der Waals surface area contributed by atoms with Gasteiger partial charge in [0, 0.05) is 19.8 Å². The number of ether oxygens (including phenoxy) is 1. The minimum atomic E-state index is -0.277. The molecule has 5 nitrogen and oxygen atoms in total. The number of rotatable bonds is 4. The molecule has 0 saturated heterocycles. The third-order valence-electron chi connectivity index (χ3n) is 2.15. The van der Waals surface area contributed by atoms with Gasteiger partial charge in [-0.1, -0.05) is 0 Å². The van der Waals surface area contributed by atoms with Gasteiger partial charge in [-0.3, -0.25) is 4.79 Å². The van der Waals surface area contributed by atoms with E-state index in [1.165, 1.54) is 7.11 Å². The summed E-state index contributed by atoms with van der Waals surface area (Å²) in [6, 6.07) is 5.45. The molecule has 0 spiro atoms. The van der Waals surface area contributed by atoms with Gasteiger partial charge in [0.1, 0.15) is 11.9 Å². The smallest absolute Gasteiger partial charge is 0.307 e. The Morgan fingerprint density at radius 2 is 2.44 bits per heavy atom. The quantitative estimate of drug-likeness (QED) is 0.705. The molecule has 0 aliphatic carbocycles. The lowest BCUT2D eigenvalue weighted by Crippen LogP contribution is -2.23. The summed E-state index contributed by atoms with van der Waals surface area (Å²) in [5, 5.41) is 8.88. The van der Waals surface area contributed by atoms with Crippen molar-refractivity contribution in [1.29, 1.82) is 5.26 Å². The van der Waals surface area contributed by atoms with Crippen molar-refractivity contribution in [2.75, 3.05) is 25.6 Å². The van der Waals surface area contributed by atoms with E-state index in [0.717, 1.165) is 0 Å². The Morgan fingerprint density at radius 1 is 1.69 bits per heavy atom. The molecule has 0 radical (unpaired) electrons. The molecule has 1 heterocycles. The highest BCUT2D eigenvalue weighted by Crippen LogP contribution is 2.14. The minimum Gasteiger partial charge on any atom is -0.469 e. The van der Waals surface area contributed by atoms with Crippen LogP contribution >= 0.6 is 0 Å². The van der Waals surface area contributed by atoms with Crippen LogP contribution in [0.1, 0.15) is 12.0 Å². The van der Waals surface area contributed by atoms with Crippen LogP contribution in [-0.2, 0) is 9.53 Å². The SMILES string of the molecule is COC(=O)CCN(C)c1ncccc1C#N. The van der Waals surface area contributed by atoms with Gasteiger partial charge in [-0.15, -0.1) is 0 Å². The van der Waals surface area contributed by atoms with Gasteiger partial charge in [-0.2, -0.15) is 5.26 Å². The van der Waals surface area contributed by atoms with E-state index in [-0.39, 0.29) is 12.4 Å². The summed E-state index contributed by atoms with van der Waals surface area (Å²) < 4.78 is 4.54. The molecule has 5 heteroatoms. The molecule has 0 fully saturated rings. The number of methoxy groups -OCH3 is 1. The van der Waals surface area contributed by atoms with E-state index in [9.17, 15) is 4.79 Å². The molecular formula is C11H13N3O2. The predicted molar refractivity (Wildman–Crippen MR) is 58.9 cm³/mol. The van der Waals surface area contributed by atoms with Gasteiger partial charge in [0.25, 0.3) is 0 Å². The maximum absolute atomic E-state index is 11.0. The topological polar surface area (TPSA) is 66.2 Å². The molecule has 16 heavy (non-hydrogen) atoms. The maximum Gasteiger partial charge on any atom is 0.307 e. The maximum atomic E-state index is 11.0. The molecule has 1 rings (SSSR count). The summed E-state index contributed by atoms with van der Waals surface area (Å²) in [4.78, 5) is 16.8. The summed E-state index contributed by atoms with van der Waals surface area (Å²) >= 11 is 0. The zero-order valence-corrected chi connectivity index (χ0v) is 9.30.